The standard InChI is InChI=1S/C17H20N2.C14H22O2.Ni/c1-4-14-9-8-10-15(5-2)17(14)19-13(3)16-11-6-7-12-18-16;1-13(2,3)9-7-8-10(14(4,5)6)12(16)11(9)15;/h6-12H,4-5H2,1-3H3;7-8,15-16H,1-6H3;/q;;+2/p-2. The topological polar surface area (TPSA) is 71.4 Å². The van der Waals surface area contributed by atoms with Crippen LogP contribution in [0.3, 0.4) is 0 Å². The molecule has 0 aliphatic carbocycles. The molecule has 196 valence electrons. The second-order valence-electron chi connectivity index (χ2n) is 10.9. The molecule has 0 radical (unpaired) electrons. The third-order valence-electron chi connectivity index (χ3n) is 6.01. The summed E-state index contributed by atoms with van der Waals surface area (Å²) >= 11 is 0. The maximum Gasteiger partial charge on any atom is 2.00 e. The van der Waals surface area contributed by atoms with Gasteiger partial charge in [-0.2, -0.15) is 0 Å². The summed E-state index contributed by atoms with van der Waals surface area (Å²) in [6.07, 6.45) is 3.81. The summed E-state index contributed by atoms with van der Waals surface area (Å²) in [5.74, 6) is -0.695. The van der Waals surface area contributed by atoms with Gasteiger partial charge < -0.3 is 10.2 Å². The molecule has 0 N–H and O–H groups in total. The van der Waals surface area contributed by atoms with Gasteiger partial charge in [-0.1, -0.05) is 103 Å². The minimum absolute atomic E-state index is 0. The van der Waals surface area contributed by atoms with Crippen molar-refractivity contribution < 1.29 is 26.7 Å². The number of pyridine rings is 1. The molecule has 3 aromatic rings. The summed E-state index contributed by atoms with van der Waals surface area (Å²) in [6, 6.07) is 15.9. The Hall–Kier alpha value is -2.65. The van der Waals surface area contributed by atoms with E-state index in [1.54, 1.807) is 18.3 Å². The van der Waals surface area contributed by atoms with Crippen molar-refractivity contribution in [2.75, 3.05) is 0 Å². The molecule has 0 saturated heterocycles. The minimum atomic E-state index is -0.347. The molecular weight excluding hydrogens is 491 g/mol. The van der Waals surface area contributed by atoms with Crippen molar-refractivity contribution in [3.8, 4) is 11.5 Å². The zero-order valence-electron chi connectivity index (χ0n) is 23.1. The average Bonchev–Trinajstić information content (AvgIpc) is 2.80. The first-order valence-corrected chi connectivity index (χ1v) is 12.4. The summed E-state index contributed by atoms with van der Waals surface area (Å²) in [5.41, 5.74) is 6.29. The Kier molecular flexibility index (Phi) is 11.4. The first kappa shape index (κ1) is 31.4. The smallest absolute Gasteiger partial charge is 0.873 e. The molecule has 0 spiro atoms. The van der Waals surface area contributed by atoms with Crippen LogP contribution >= 0.6 is 0 Å². The van der Waals surface area contributed by atoms with Gasteiger partial charge in [0.2, 0.25) is 0 Å². The monoisotopic (exact) mass is 530 g/mol. The molecule has 0 fully saturated rings. The van der Waals surface area contributed by atoms with Crippen LogP contribution in [0, 0.1) is 0 Å². The van der Waals surface area contributed by atoms with E-state index >= 15 is 0 Å². The normalized spacial score (nSPS) is 11.9. The first-order chi connectivity index (χ1) is 16.3. The maximum absolute atomic E-state index is 12.0. The molecule has 2 aromatic carbocycles. The van der Waals surface area contributed by atoms with Gasteiger partial charge >= 0.3 is 16.5 Å². The quantitative estimate of drug-likeness (QED) is 0.276. The van der Waals surface area contributed by atoms with E-state index in [9.17, 15) is 10.2 Å². The predicted molar refractivity (Wildman–Crippen MR) is 144 cm³/mol. The van der Waals surface area contributed by atoms with Gasteiger partial charge in [-0.15, -0.1) is 11.5 Å². The third-order valence-corrected chi connectivity index (χ3v) is 6.01. The van der Waals surface area contributed by atoms with Crippen molar-refractivity contribution in [2.24, 2.45) is 4.99 Å². The van der Waals surface area contributed by atoms with Gasteiger partial charge in [0.25, 0.3) is 0 Å². The fraction of sp³-hybridized carbons (Fsp3) is 0.419. The SMILES string of the molecule is CC(C)(C)c1ccc(C(C)(C)C)c([O-])c1[O-].CCc1cccc(CC)c1N=C(C)c1ccccn1.[Ni+2]. The second-order valence-corrected chi connectivity index (χ2v) is 10.9. The van der Waals surface area contributed by atoms with Crippen molar-refractivity contribution >= 4 is 11.4 Å². The average molecular weight is 531 g/mol. The molecule has 1 heterocycles. The largest absolute Gasteiger partial charge is 2.00 e. The number of aliphatic imine (C=N–C) groups is 1. The van der Waals surface area contributed by atoms with E-state index in [0.717, 1.165) is 29.9 Å². The molecule has 0 aliphatic heterocycles. The molecule has 5 heteroatoms. The fourth-order valence-electron chi connectivity index (χ4n) is 3.90. The Morgan fingerprint density at radius 1 is 0.750 bits per heavy atom. The fourth-order valence-corrected chi connectivity index (χ4v) is 3.90. The zero-order chi connectivity index (χ0) is 26.4. The van der Waals surface area contributed by atoms with Crippen molar-refractivity contribution in [3.05, 3.63) is 82.7 Å². The van der Waals surface area contributed by atoms with Gasteiger partial charge in [0.1, 0.15) is 0 Å². The van der Waals surface area contributed by atoms with Crippen LogP contribution in [0.4, 0.5) is 5.69 Å². The second kappa shape index (κ2) is 13.1. The molecule has 0 unspecified atom stereocenters. The number of hydrogen-bond acceptors (Lipinski definition) is 4. The Balaban J connectivity index is 0.000000356. The number of benzene rings is 2. The van der Waals surface area contributed by atoms with E-state index in [-0.39, 0.29) is 38.8 Å². The molecule has 0 saturated carbocycles. The molecule has 0 atom stereocenters. The molecule has 0 aliphatic rings. The van der Waals surface area contributed by atoms with Gasteiger partial charge in [0.15, 0.2) is 0 Å². The first-order valence-electron chi connectivity index (χ1n) is 12.4. The molecule has 0 bridgehead atoms. The Morgan fingerprint density at radius 3 is 1.58 bits per heavy atom. The molecule has 0 amide bonds. The number of nitrogens with zero attached hydrogens (tertiary/aromatic N) is 2. The molecule has 36 heavy (non-hydrogen) atoms. The van der Waals surface area contributed by atoms with Gasteiger partial charge in [0, 0.05) is 6.20 Å². The summed E-state index contributed by atoms with van der Waals surface area (Å²) < 4.78 is 0. The van der Waals surface area contributed by atoms with Crippen LogP contribution in [0.15, 0.2) is 59.7 Å². The van der Waals surface area contributed by atoms with Crippen LogP contribution in [0.25, 0.3) is 0 Å². The van der Waals surface area contributed by atoms with Crippen LogP contribution in [0.2, 0.25) is 0 Å². The maximum atomic E-state index is 12.0. The van der Waals surface area contributed by atoms with Crippen LogP contribution in [-0.4, -0.2) is 10.7 Å². The number of para-hydroxylation sites is 1. The van der Waals surface area contributed by atoms with Gasteiger partial charge in [-0.05, 0) is 53.9 Å². The van der Waals surface area contributed by atoms with Crippen molar-refractivity contribution in [3.63, 3.8) is 0 Å². The number of rotatable bonds is 4. The van der Waals surface area contributed by atoms with Gasteiger partial charge in [-0.3, -0.25) is 9.98 Å². The summed E-state index contributed by atoms with van der Waals surface area (Å²) in [4.78, 5) is 9.18. The molecule has 3 rings (SSSR count). The van der Waals surface area contributed by atoms with E-state index in [1.807, 2.05) is 66.7 Å². The molecule has 4 nitrogen and oxygen atoms in total. The number of aryl methyl sites for hydroxylation is 2. The van der Waals surface area contributed by atoms with E-state index < -0.39 is 0 Å². The van der Waals surface area contributed by atoms with E-state index in [2.05, 4.69) is 37.0 Å². The van der Waals surface area contributed by atoms with Gasteiger partial charge in [0.05, 0.1) is 17.1 Å². The van der Waals surface area contributed by atoms with Crippen molar-refractivity contribution in [1.29, 1.82) is 0 Å². The Bertz CT molecular complexity index is 1100. The zero-order valence-corrected chi connectivity index (χ0v) is 24.1. The Morgan fingerprint density at radius 2 is 1.22 bits per heavy atom. The van der Waals surface area contributed by atoms with Crippen LogP contribution in [-0.2, 0) is 40.2 Å². The third kappa shape index (κ3) is 7.93. The van der Waals surface area contributed by atoms with E-state index in [4.69, 9.17) is 4.99 Å². The summed E-state index contributed by atoms with van der Waals surface area (Å²) in [5, 5.41) is 23.9. The van der Waals surface area contributed by atoms with Crippen LogP contribution in [0.5, 0.6) is 11.5 Å². The molecule has 1 aromatic heterocycles. The van der Waals surface area contributed by atoms with Crippen molar-refractivity contribution in [2.45, 2.75) is 86.0 Å². The van der Waals surface area contributed by atoms with Crippen LogP contribution < -0.4 is 10.2 Å². The predicted octanol–water partition coefficient (Wildman–Crippen LogP) is 6.77. The van der Waals surface area contributed by atoms with E-state index in [1.165, 1.54) is 11.1 Å². The summed E-state index contributed by atoms with van der Waals surface area (Å²) in [7, 11) is 0. The number of hydrogen-bond donors (Lipinski definition) is 0. The van der Waals surface area contributed by atoms with Gasteiger partial charge in [-0.25, -0.2) is 0 Å². The van der Waals surface area contributed by atoms with Crippen molar-refractivity contribution in [1.82, 2.24) is 4.98 Å². The summed E-state index contributed by atoms with van der Waals surface area (Å²) in [6.45, 7) is 18.0. The Labute approximate surface area is 227 Å². The molecular formula is C31H40N2NiO2. The number of aromatic nitrogens is 1. The van der Waals surface area contributed by atoms with E-state index in [0.29, 0.717) is 11.1 Å². The minimum Gasteiger partial charge on any atom is -0.873 e. The van der Waals surface area contributed by atoms with Crippen LogP contribution in [0.1, 0.15) is 90.3 Å².